The van der Waals surface area contributed by atoms with E-state index in [-0.39, 0.29) is 10.8 Å². The maximum atomic E-state index is 12.8. The molecule has 2 aromatic carbocycles. The quantitative estimate of drug-likeness (QED) is 0.693. The molecule has 1 amide bonds. The number of carbonyl (C=O) groups is 1. The number of ether oxygens (including phenoxy) is 1. The van der Waals surface area contributed by atoms with Crippen LogP contribution in [0.1, 0.15) is 31.4 Å². The summed E-state index contributed by atoms with van der Waals surface area (Å²) in [4.78, 5) is 12.5. The maximum Gasteiger partial charge on any atom is 0.243 e. The molecule has 0 spiro atoms. The summed E-state index contributed by atoms with van der Waals surface area (Å²) in [5.74, 6) is 0.612. The molecule has 152 valence electrons. The highest BCUT2D eigenvalue weighted by Crippen LogP contribution is 2.24. The van der Waals surface area contributed by atoms with Crippen molar-refractivity contribution in [2.45, 2.75) is 38.5 Å². The third-order valence-corrected chi connectivity index (χ3v) is 6.79. The van der Waals surface area contributed by atoms with Gasteiger partial charge in [0.05, 0.1) is 12.0 Å². The van der Waals surface area contributed by atoms with Crippen molar-refractivity contribution in [1.82, 2.24) is 4.31 Å². The van der Waals surface area contributed by atoms with E-state index in [9.17, 15) is 13.2 Å². The van der Waals surface area contributed by atoms with Crippen LogP contribution in [0.2, 0.25) is 0 Å². The summed E-state index contributed by atoms with van der Waals surface area (Å²) in [6, 6.07) is 12.5. The zero-order valence-corrected chi connectivity index (χ0v) is 17.7. The maximum absolute atomic E-state index is 12.8. The number of rotatable bonds is 9. The predicted molar refractivity (Wildman–Crippen MR) is 111 cm³/mol. The highest BCUT2D eigenvalue weighted by molar-refractivity contribution is 7.89. The first kappa shape index (κ1) is 21.9. The monoisotopic (exact) mass is 404 g/mol. The third kappa shape index (κ3) is 5.33. The molecule has 0 saturated heterocycles. The molecule has 0 aliphatic carbocycles. The topological polar surface area (TPSA) is 75.7 Å². The third-order valence-electron chi connectivity index (χ3n) is 4.59. The molecular formula is C21H28N2O4S. The molecule has 0 aliphatic heterocycles. The minimum absolute atomic E-state index is 0.161. The van der Waals surface area contributed by atoms with E-state index in [1.807, 2.05) is 24.3 Å². The lowest BCUT2D eigenvalue weighted by Gasteiger charge is -2.20. The molecule has 0 aliphatic rings. The van der Waals surface area contributed by atoms with Crippen LogP contribution < -0.4 is 10.1 Å². The van der Waals surface area contributed by atoms with Gasteiger partial charge >= 0.3 is 0 Å². The Morgan fingerprint density at radius 3 is 2.29 bits per heavy atom. The Hall–Kier alpha value is -2.38. The van der Waals surface area contributed by atoms with Crippen molar-refractivity contribution in [2.75, 3.05) is 25.5 Å². The first-order valence-electron chi connectivity index (χ1n) is 9.35. The fraction of sp³-hybridized carbons (Fsp3) is 0.381. The second-order valence-corrected chi connectivity index (χ2v) is 8.37. The van der Waals surface area contributed by atoms with Gasteiger partial charge in [-0.3, -0.25) is 4.79 Å². The molecule has 0 atom stereocenters. The predicted octanol–water partition coefficient (Wildman–Crippen LogP) is 3.61. The number of hydrogen-bond donors (Lipinski definition) is 1. The van der Waals surface area contributed by atoms with E-state index >= 15 is 0 Å². The fourth-order valence-electron chi connectivity index (χ4n) is 2.93. The number of amides is 1. The molecule has 1 N–H and O–H groups in total. The largest absolute Gasteiger partial charge is 0.497 e. The van der Waals surface area contributed by atoms with Gasteiger partial charge in [0, 0.05) is 25.2 Å². The van der Waals surface area contributed by atoms with Gasteiger partial charge in [0.1, 0.15) is 5.75 Å². The molecule has 0 radical (unpaired) electrons. The number of anilines is 1. The van der Waals surface area contributed by atoms with Gasteiger partial charge in [0.15, 0.2) is 0 Å². The average Bonchev–Trinajstić information content (AvgIpc) is 2.69. The molecule has 0 aromatic heterocycles. The van der Waals surface area contributed by atoms with Gasteiger partial charge in [-0.25, -0.2) is 8.42 Å². The molecule has 0 fully saturated rings. The summed E-state index contributed by atoms with van der Waals surface area (Å²) in [7, 11) is -1.97. The molecule has 0 heterocycles. The molecule has 28 heavy (non-hydrogen) atoms. The van der Waals surface area contributed by atoms with Gasteiger partial charge in [-0.1, -0.05) is 32.0 Å². The molecule has 0 saturated carbocycles. The van der Waals surface area contributed by atoms with Crippen LogP contribution in [-0.2, 0) is 21.2 Å². The number of nitrogens with zero attached hydrogens (tertiary/aromatic N) is 1. The summed E-state index contributed by atoms with van der Waals surface area (Å²) in [6.45, 7) is 6.17. The molecule has 0 bridgehead atoms. The summed E-state index contributed by atoms with van der Waals surface area (Å²) >= 11 is 0. The molecule has 6 nitrogen and oxygen atoms in total. The summed E-state index contributed by atoms with van der Waals surface area (Å²) < 4.78 is 32.2. The Morgan fingerprint density at radius 1 is 1.07 bits per heavy atom. The van der Waals surface area contributed by atoms with Crippen molar-refractivity contribution < 1.29 is 17.9 Å². The second-order valence-electron chi connectivity index (χ2n) is 6.47. The van der Waals surface area contributed by atoms with E-state index in [4.69, 9.17) is 4.74 Å². The number of aryl methyl sites for hydroxylation is 2. The Morgan fingerprint density at radius 2 is 1.71 bits per heavy atom. The van der Waals surface area contributed by atoms with Crippen molar-refractivity contribution in [1.29, 1.82) is 0 Å². The van der Waals surface area contributed by atoms with Crippen LogP contribution in [0, 0.1) is 6.92 Å². The average molecular weight is 405 g/mol. The van der Waals surface area contributed by atoms with Crippen LogP contribution in [0.5, 0.6) is 5.75 Å². The number of nitrogens with one attached hydrogen (secondary N) is 1. The number of carbonyl (C=O) groups excluding carboxylic acids is 1. The first-order chi connectivity index (χ1) is 13.3. The Labute approximate surface area is 167 Å². The van der Waals surface area contributed by atoms with Crippen LogP contribution in [0.15, 0.2) is 47.4 Å². The highest BCUT2D eigenvalue weighted by Gasteiger charge is 2.24. The van der Waals surface area contributed by atoms with Gasteiger partial charge in [0.2, 0.25) is 15.9 Å². The van der Waals surface area contributed by atoms with Gasteiger partial charge in [-0.05, 0) is 48.7 Å². The van der Waals surface area contributed by atoms with E-state index in [2.05, 4.69) is 5.32 Å². The van der Waals surface area contributed by atoms with Crippen LogP contribution in [0.3, 0.4) is 0 Å². The smallest absolute Gasteiger partial charge is 0.243 e. The van der Waals surface area contributed by atoms with E-state index in [0.717, 1.165) is 11.3 Å². The van der Waals surface area contributed by atoms with Gasteiger partial charge in [-0.15, -0.1) is 0 Å². The van der Waals surface area contributed by atoms with E-state index in [1.165, 1.54) is 10.4 Å². The minimum atomic E-state index is -3.58. The zero-order chi connectivity index (χ0) is 20.7. The summed E-state index contributed by atoms with van der Waals surface area (Å²) in [5.41, 5.74) is 2.17. The fourth-order valence-corrected chi connectivity index (χ4v) is 4.64. The number of sulfonamides is 1. The Balaban J connectivity index is 2.08. The van der Waals surface area contributed by atoms with Crippen LogP contribution in [-0.4, -0.2) is 38.8 Å². The molecule has 0 unspecified atom stereocenters. The standard InChI is InChI=1S/C21H28N2O4S/c1-5-23(6-2)28(25,26)20-15-18(11-7-16(20)3)22-21(24)14-10-17-8-12-19(27-4)13-9-17/h7-9,11-13,15H,5-6,10,14H2,1-4H3,(H,22,24). The lowest BCUT2D eigenvalue weighted by atomic mass is 10.1. The first-order valence-corrected chi connectivity index (χ1v) is 10.8. The molecule has 7 heteroatoms. The van der Waals surface area contributed by atoms with E-state index < -0.39 is 10.0 Å². The highest BCUT2D eigenvalue weighted by atomic mass is 32.2. The number of hydrogen-bond acceptors (Lipinski definition) is 4. The van der Waals surface area contributed by atoms with Gasteiger partial charge < -0.3 is 10.1 Å². The lowest BCUT2D eigenvalue weighted by Crippen LogP contribution is -2.31. The summed E-state index contributed by atoms with van der Waals surface area (Å²) in [6.07, 6.45) is 0.893. The normalized spacial score (nSPS) is 11.5. The molecule has 2 rings (SSSR count). The van der Waals surface area contributed by atoms with Crippen molar-refractivity contribution in [2.24, 2.45) is 0 Å². The Bertz CT molecular complexity index is 905. The SMILES string of the molecule is CCN(CC)S(=O)(=O)c1cc(NC(=O)CCc2ccc(OC)cc2)ccc1C. The summed E-state index contributed by atoms with van der Waals surface area (Å²) in [5, 5.41) is 2.80. The van der Waals surface area contributed by atoms with E-state index in [0.29, 0.717) is 37.2 Å². The Kier molecular flexibility index (Phi) is 7.60. The minimum Gasteiger partial charge on any atom is -0.497 e. The van der Waals surface area contributed by atoms with Crippen LogP contribution in [0.4, 0.5) is 5.69 Å². The van der Waals surface area contributed by atoms with Gasteiger partial charge in [-0.2, -0.15) is 4.31 Å². The second kappa shape index (κ2) is 9.71. The van der Waals surface area contributed by atoms with Crippen LogP contribution in [0.25, 0.3) is 0 Å². The molecule has 2 aromatic rings. The zero-order valence-electron chi connectivity index (χ0n) is 16.9. The molecular weight excluding hydrogens is 376 g/mol. The number of benzene rings is 2. The van der Waals surface area contributed by atoms with Crippen molar-refractivity contribution in [3.05, 3.63) is 53.6 Å². The van der Waals surface area contributed by atoms with Crippen molar-refractivity contribution in [3.8, 4) is 5.75 Å². The van der Waals surface area contributed by atoms with Gasteiger partial charge in [0.25, 0.3) is 0 Å². The number of methoxy groups -OCH3 is 1. The van der Waals surface area contributed by atoms with Crippen molar-refractivity contribution in [3.63, 3.8) is 0 Å². The van der Waals surface area contributed by atoms with Crippen LogP contribution >= 0.6 is 0 Å². The lowest BCUT2D eigenvalue weighted by molar-refractivity contribution is -0.116. The van der Waals surface area contributed by atoms with E-state index in [1.54, 1.807) is 40.0 Å². The van der Waals surface area contributed by atoms with Crippen molar-refractivity contribution >= 4 is 21.6 Å².